The van der Waals surface area contributed by atoms with Crippen LogP contribution in [0.3, 0.4) is 0 Å². The summed E-state index contributed by atoms with van der Waals surface area (Å²) in [7, 11) is 0. The SMILES string of the molecule is O=[N+]([O-])c1cccc(N/N=C2\CCCCc3ccccc32)c1. The Morgan fingerprint density at radius 2 is 1.86 bits per heavy atom. The highest BCUT2D eigenvalue weighted by Crippen LogP contribution is 2.22. The summed E-state index contributed by atoms with van der Waals surface area (Å²) < 4.78 is 0. The number of nitro groups is 1. The second-order valence-corrected chi connectivity index (χ2v) is 5.34. The van der Waals surface area contributed by atoms with E-state index in [9.17, 15) is 10.1 Å². The molecule has 1 aliphatic rings. The van der Waals surface area contributed by atoms with Gasteiger partial charge in [-0.2, -0.15) is 5.10 Å². The fourth-order valence-corrected chi connectivity index (χ4v) is 2.70. The van der Waals surface area contributed by atoms with Gasteiger partial charge in [0.05, 0.1) is 16.3 Å². The summed E-state index contributed by atoms with van der Waals surface area (Å²) in [6, 6.07) is 14.7. The Balaban J connectivity index is 1.86. The molecule has 1 N–H and O–H groups in total. The Morgan fingerprint density at radius 3 is 2.73 bits per heavy atom. The van der Waals surface area contributed by atoms with Crippen molar-refractivity contribution in [2.45, 2.75) is 25.7 Å². The second-order valence-electron chi connectivity index (χ2n) is 5.34. The van der Waals surface area contributed by atoms with Crippen molar-refractivity contribution in [3.05, 3.63) is 69.8 Å². The normalized spacial score (nSPS) is 15.9. The van der Waals surface area contributed by atoms with Crippen LogP contribution >= 0.6 is 0 Å². The number of rotatable bonds is 3. The average molecular weight is 295 g/mol. The molecule has 3 rings (SSSR count). The fourth-order valence-electron chi connectivity index (χ4n) is 2.70. The van der Waals surface area contributed by atoms with Crippen molar-refractivity contribution in [2.24, 2.45) is 5.10 Å². The predicted molar refractivity (Wildman–Crippen MR) is 87.3 cm³/mol. The van der Waals surface area contributed by atoms with Crippen molar-refractivity contribution in [3.63, 3.8) is 0 Å². The van der Waals surface area contributed by atoms with Crippen molar-refractivity contribution < 1.29 is 4.92 Å². The first-order valence-corrected chi connectivity index (χ1v) is 7.39. The number of aryl methyl sites for hydroxylation is 1. The number of fused-ring (bicyclic) bond motifs is 1. The zero-order chi connectivity index (χ0) is 15.4. The summed E-state index contributed by atoms with van der Waals surface area (Å²) in [5, 5.41) is 15.3. The van der Waals surface area contributed by atoms with Crippen LogP contribution in [-0.4, -0.2) is 10.6 Å². The Hall–Kier alpha value is -2.69. The molecule has 0 aromatic heterocycles. The van der Waals surface area contributed by atoms with Gasteiger partial charge >= 0.3 is 0 Å². The van der Waals surface area contributed by atoms with E-state index in [4.69, 9.17) is 0 Å². The number of hydrogen-bond donors (Lipinski definition) is 1. The van der Waals surface area contributed by atoms with Crippen LogP contribution in [0.2, 0.25) is 0 Å². The summed E-state index contributed by atoms with van der Waals surface area (Å²) in [6.45, 7) is 0. The maximum atomic E-state index is 10.8. The first-order valence-electron chi connectivity index (χ1n) is 7.39. The first-order chi connectivity index (χ1) is 10.7. The molecule has 5 nitrogen and oxygen atoms in total. The van der Waals surface area contributed by atoms with Gasteiger partial charge < -0.3 is 0 Å². The van der Waals surface area contributed by atoms with E-state index in [0.717, 1.165) is 31.4 Å². The molecule has 0 atom stereocenters. The summed E-state index contributed by atoms with van der Waals surface area (Å²) in [4.78, 5) is 10.4. The van der Waals surface area contributed by atoms with Crippen LogP contribution in [0.25, 0.3) is 0 Å². The minimum absolute atomic E-state index is 0.0615. The topological polar surface area (TPSA) is 67.5 Å². The van der Waals surface area contributed by atoms with Crippen molar-refractivity contribution in [1.82, 2.24) is 0 Å². The minimum atomic E-state index is -0.403. The van der Waals surface area contributed by atoms with Gasteiger partial charge in [-0.15, -0.1) is 0 Å². The van der Waals surface area contributed by atoms with Gasteiger partial charge in [0.2, 0.25) is 0 Å². The number of nitro benzene ring substituents is 1. The smallest absolute Gasteiger partial charge is 0.271 e. The van der Waals surface area contributed by atoms with Crippen LogP contribution in [0.1, 0.15) is 30.4 Å². The van der Waals surface area contributed by atoms with Crippen molar-refractivity contribution in [2.75, 3.05) is 5.43 Å². The molecule has 0 unspecified atom stereocenters. The highest BCUT2D eigenvalue weighted by Gasteiger charge is 2.13. The molecule has 0 radical (unpaired) electrons. The number of hydrazone groups is 1. The van der Waals surface area contributed by atoms with E-state index >= 15 is 0 Å². The maximum Gasteiger partial charge on any atom is 0.271 e. The molecular formula is C17H17N3O2. The Morgan fingerprint density at radius 1 is 1.05 bits per heavy atom. The molecule has 0 amide bonds. The van der Waals surface area contributed by atoms with Gasteiger partial charge in [0, 0.05) is 17.7 Å². The molecule has 0 saturated carbocycles. The number of nitrogens with one attached hydrogen (secondary N) is 1. The third kappa shape index (κ3) is 3.14. The van der Waals surface area contributed by atoms with Crippen molar-refractivity contribution in [3.8, 4) is 0 Å². The molecular weight excluding hydrogens is 278 g/mol. The molecule has 0 fully saturated rings. The van der Waals surface area contributed by atoms with Crippen LogP contribution in [0.4, 0.5) is 11.4 Å². The van der Waals surface area contributed by atoms with Crippen LogP contribution in [0.15, 0.2) is 53.6 Å². The highest BCUT2D eigenvalue weighted by atomic mass is 16.6. The second kappa shape index (κ2) is 6.39. The summed E-state index contributed by atoms with van der Waals surface area (Å²) >= 11 is 0. The molecule has 5 heteroatoms. The molecule has 1 aliphatic carbocycles. The van der Waals surface area contributed by atoms with Gasteiger partial charge in [-0.25, -0.2) is 0 Å². The van der Waals surface area contributed by atoms with Crippen LogP contribution < -0.4 is 5.43 Å². The largest absolute Gasteiger partial charge is 0.278 e. The Labute approximate surface area is 128 Å². The lowest BCUT2D eigenvalue weighted by atomic mass is 10.0. The summed E-state index contributed by atoms with van der Waals surface area (Å²) in [6.07, 6.45) is 4.25. The van der Waals surface area contributed by atoms with Crippen LogP contribution in [0.5, 0.6) is 0 Å². The van der Waals surface area contributed by atoms with Gasteiger partial charge in [0.1, 0.15) is 0 Å². The van der Waals surface area contributed by atoms with Gasteiger partial charge in [-0.05, 0) is 37.3 Å². The summed E-state index contributed by atoms with van der Waals surface area (Å²) in [5.41, 5.74) is 7.16. The molecule has 22 heavy (non-hydrogen) atoms. The number of benzene rings is 2. The van der Waals surface area contributed by atoms with Gasteiger partial charge in [-0.1, -0.05) is 30.3 Å². The lowest BCUT2D eigenvalue weighted by molar-refractivity contribution is -0.384. The fraction of sp³-hybridized carbons (Fsp3) is 0.235. The number of hydrogen-bond acceptors (Lipinski definition) is 4. The average Bonchev–Trinajstić information content (AvgIpc) is 2.75. The molecule has 0 spiro atoms. The van der Waals surface area contributed by atoms with E-state index in [1.165, 1.54) is 23.3 Å². The molecule has 2 aromatic carbocycles. The number of non-ortho nitro benzene ring substituents is 1. The van der Waals surface area contributed by atoms with Crippen molar-refractivity contribution >= 4 is 17.1 Å². The van der Waals surface area contributed by atoms with E-state index in [0.29, 0.717) is 5.69 Å². The lowest BCUT2D eigenvalue weighted by Gasteiger charge is -2.08. The third-order valence-electron chi connectivity index (χ3n) is 3.81. The summed E-state index contributed by atoms with van der Waals surface area (Å²) in [5.74, 6) is 0. The predicted octanol–water partition coefficient (Wildman–Crippen LogP) is 4.14. The quantitative estimate of drug-likeness (QED) is 0.525. The Kier molecular flexibility index (Phi) is 4.14. The minimum Gasteiger partial charge on any atom is -0.278 e. The van der Waals surface area contributed by atoms with E-state index in [1.807, 2.05) is 6.07 Å². The zero-order valence-corrected chi connectivity index (χ0v) is 12.2. The molecule has 112 valence electrons. The van der Waals surface area contributed by atoms with Gasteiger partial charge in [0.25, 0.3) is 5.69 Å². The molecule has 0 aliphatic heterocycles. The number of anilines is 1. The monoisotopic (exact) mass is 295 g/mol. The number of nitrogens with zero attached hydrogens (tertiary/aromatic N) is 2. The van der Waals surface area contributed by atoms with Crippen molar-refractivity contribution in [1.29, 1.82) is 0 Å². The molecule has 0 bridgehead atoms. The molecule has 0 saturated heterocycles. The van der Waals surface area contributed by atoms with E-state index in [-0.39, 0.29) is 5.69 Å². The lowest BCUT2D eigenvalue weighted by Crippen LogP contribution is -2.05. The maximum absolute atomic E-state index is 10.8. The van der Waals surface area contributed by atoms with E-state index in [1.54, 1.807) is 12.1 Å². The third-order valence-corrected chi connectivity index (χ3v) is 3.81. The van der Waals surface area contributed by atoms with Gasteiger partial charge in [-0.3, -0.25) is 15.5 Å². The Bertz CT molecular complexity index is 725. The first kappa shape index (κ1) is 14.3. The van der Waals surface area contributed by atoms with E-state index in [2.05, 4.69) is 28.7 Å². The van der Waals surface area contributed by atoms with Gasteiger partial charge in [0.15, 0.2) is 0 Å². The molecule has 0 heterocycles. The molecule has 2 aromatic rings. The standard InChI is InChI=1S/C17H17N3O2/c21-20(22)15-9-5-8-14(12-15)18-19-17-11-4-2-7-13-6-1-3-10-16(13)17/h1,3,5-6,8-10,12,18H,2,4,7,11H2/b19-17+. The van der Waals surface area contributed by atoms with Crippen LogP contribution in [-0.2, 0) is 6.42 Å². The highest BCUT2D eigenvalue weighted by molar-refractivity contribution is 6.02. The van der Waals surface area contributed by atoms with Crippen LogP contribution in [0, 0.1) is 10.1 Å². The van der Waals surface area contributed by atoms with E-state index < -0.39 is 4.92 Å². The zero-order valence-electron chi connectivity index (χ0n) is 12.2.